The number of carbonyl (C=O) groups is 1. The molecule has 0 saturated heterocycles. The molecule has 0 N–H and O–H groups in total. The van der Waals surface area contributed by atoms with Crippen LogP contribution >= 0.6 is 11.3 Å². The van der Waals surface area contributed by atoms with E-state index >= 15 is 0 Å². The predicted octanol–water partition coefficient (Wildman–Crippen LogP) is 12.7. The van der Waals surface area contributed by atoms with Gasteiger partial charge in [0.2, 0.25) is 0 Å². The first kappa shape index (κ1) is 29.0. The average molecular weight is 661 g/mol. The second kappa shape index (κ2) is 10.8. The Labute approximate surface area is 294 Å². The third-order valence-electron chi connectivity index (χ3n) is 10.6. The van der Waals surface area contributed by atoms with Crippen LogP contribution in [-0.4, -0.2) is 10.9 Å². The maximum Gasteiger partial charge on any atom is 0.150 e. The van der Waals surface area contributed by atoms with Crippen molar-refractivity contribution in [2.24, 2.45) is 0 Å². The molecule has 0 radical (unpaired) electrons. The summed E-state index contributed by atoms with van der Waals surface area (Å²) in [6.45, 7) is 4.64. The molecular formula is C46H32N2OS. The number of aromatic nitrogens is 1. The van der Waals surface area contributed by atoms with Crippen LogP contribution in [0.2, 0.25) is 0 Å². The van der Waals surface area contributed by atoms with Gasteiger partial charge in [0.1, 0.15) is 6.29 Å². The van der Waals surface area contributed by atoms with Gasteiger partial charge in [0.05, 0.1) is 11.0 Å². The van der Waals surface area contributed by atoms with Crippen molar-refractivity contribution < 1.29 is 4.79 Å². The molecular weight excluding hydrogens is 629 g/mol. The summed E-state index contributed by atoms with van der Waals surface area (Å²) in [6.07, 6.45) is 0.904. The summed E-state index contributed by atoms with van der Waals surface area (Å²) < 4.78 is 5.01. The van der Waals surface area contributed by atoms with Crippen molar-refractivity contribution in [3.63, 3.8) is 0 Å². The predicted molar refractivity (Wildman–Crippen MR) is 211 cm³/mol. The van der Waals surface area contributed by atoms with Crippen LogP contribution in [0, 0.1) is 0 Å². The van der Waals surface area contributed by atoms with Crippen LogP contribution in [0.3, 0.4) is 0 Å². The van der Waals surface area contributed by atoms with E-state index in [1.807, 2.05) is 35.6 Å². The maximum absolute atomic E-state index is 11.7. The molecule has 1 aliphatic rings. The third-order valence-corrected chi connectivity index (χ3v) is 11.8. The van der Waals surface area contributed by atoms with E-state index in [9.17, 15) is 4.79 Å². The van der Waals surface area contributed by atoms with E-state index in [-0.39, 0.29) is 5.41 Å². The molecule has 7 aromatic carbocycles. The molecule has 238 valence electrons. The summed E-state index contributed by atoms with van der Waals surface area (Å²) in [5, 5.41) is 5.01. The smallest absolute Gasteiger partial charge is 0.150 e. The highest BCUT2D eigenvalue weighted by atomic mass is 32.1. The first-order valence-corrected chi connectivity index (χ1v) is 17.9. The van der Waals surface area contributed by atoms with Crippen molar-refractivity contribution in [3.05, 3.63) is 168 Å². The fourth-order valence-corrected chi connectivity index (χ4v) is 9.30. The van der Waals surface area contributed by atoms with E-state index in [0.717, 1.165) is 34.6 Å². The first-order chi connectivity index (χ1) is 24.5. The van der Waals surface area contributed by atoms with Crippen LogP contribution in [0.5, 0.6) is 0 Å². The number of nitrogens with zero attached hydrogens (tertiary/aromatic N) is 2. The van der Waals surface area contributed by atoms with E-state index in [2.05, 4.69) is 151 Å². The van der Waals surface area contributed by atoms with Gasteiger partial charge < -0.3 is 9.47 Å². The van der Waals surface area contributed by atoms with E-state index in [1.54, 1.807) is 0 Å². The molecule has 3 nitrogen and oxygen atoms in total. The van der Waals surface area contributed by atoms with Crippen molar-refractivity contribution in [2.75, 3.05) is 4.90 Å². The highest BCUT2D eigenvalue weighted by molar-refractivity contribution is 7.25. The molecule has 0 bridgehead atoms. The van der Waals surface area contributed by atoms with E-state index in [4.69, 9.17) is 0 Å². The van der Waals surface area contributed by atoms with Gasteiger partial charge in [0.15, 0.2) is 0 Å². The Kier molecular flexibility index (Phi) is 6.24. The summed E-state index contributed by atoms with van der Waals surface area (Å²) in [5.41, 5.74) is 12.4. The molecule has 10 rings (SSSR count). The molecule has 4 heteroatoms. The lowest BCUT2D eigenvalue weighted by atomic mass is 9.82. The number of thiophene rings is 1. The third kappa shape index (κ3) is 4.18. The van der Waals surface area contributed by atoms with Crippen LogP contribution in [0.4, 0.5) is 17.1 Å². The minimum absolute atomic E-state index is 0.129. The Hall–Kier alpha value is -5.97. The SMILES string of the molecule is CC1(C)c2ccccc2-c2ccc(N(c3ccc(C=O)cc3)c3ccc4c5ccccc5n(-c5ccc6sc7ccccc7c6c5)c4c3)cc21. The number of anilines is 3. The summed E-state index contributed by atoms with van der Waals surface area (Å²) >= 11 is 1.85. The maximum atomic E-state index is 11.7. The zero-order chi connectivity index (χ0) is 33.6. The largest absolute Gasteiger partial charge is 0.310 e. The van der Waals surface area contributed by atoms with Gasteiger partial charge in [-0.15, -0.1) is 11.3 Å². The minimum Gasteiger partial charge on any atom is -0.310 e. The van der Waals surface area contributed by atoms with Gasteiger partial charge in [-0.3, -0.25) is 4.79 Å². The lowest BCUT2D eigenvalue weighted by molar-refractivity contribution is 0.112. The number of hydrogen-bond acceptors (Lipinski definition) is 3. The van der Waals surface area contributed by atoms with Gasteiger partial charge >= 0.3 is 0 Å². The minimum atomic E-state index is -0.129. The molecule has 0 fully saturated rings. The highest BCUT2D eigenvalue weighted by Gasteiger charge is 2.35. The summed E-state index contributed by atoms with van der Waals surface area (Å²) in [4.78, 5) is 14.0. The van der Waals surface area contributed by atoms with Crippen molar-refractivity contribution >= 4 is 76.7 Å². The molecule has 9 aromatic rings. The Morgan fingerprint density at radius 2 is 1.20 bits per heavy atom. The van der Waals surface area contributed by atoms with Gasteiger partial charge in [-0.2, -0.15) is 0 Å². The van der Waals surface area contributed by atoms with Crippen molar-refractivity contribution in [3.8, 4) is 16.8 Å². The summed E-state index contributed by atoms with van der Waals surface area (Å²) in [7, 11) is 0. The van der Waals surface area contributed by atoms with Gasteiger partial charge in [0, 0.05) is 64.7 Å². The van der Waals surface area contributed by atoms with Gasteiger partial charge in [-0.05, 0) is 101 Å². The fraction of sp³-hybridized carbons (Fsp3) is 0.0652. The molecule has 0 unspecified atom stereocenters. The zero-order valence-electron chi connectivity index (χ0n) is 27.7. The van der Waals surface area contributed by atoms with Crippen LogP contribution in [0.25, 0.3) is 58.8 Å². The highest BCUT2D eigenvalue weighted by Crippen LogP contribution is 2.51. The molecule has 2 aromatic heterocycles. The normalized spacial score (nSPS) is 13.2. The Bertz CT molecular complexity index is 2820. The molecule has 0 amide bonds. The number of fused-ring (bicyclic) bond motifs is 9. The Morgan fingerprint density at radius 1 is 0.540 bits per heavy atom. The molecule has 0 saturated carbocycles. The van der Waals surface area contributed by atoms with E-state index < -0.39 is 0 Å². The quantitative estimate of drug-likeness (QED) is 0.172. The van der Waals surface area contributed by atoms with Crippen LogP contribution in [0.15, 0.2) is 152 Å². The van der Waals surface area contributed by atoms with Gasteiger partial charge in [0.25, 0.3) is 0 Å². The standard InChI is InChI=1S/C46H32N2OS/c1-46(2)40-12-6-3-9-34(40)35-22-19-32(26-41(35)46)47(30-17-15-29(28-49)16-18-30)33-20-23-37-36-10-4-7-13-42(36)48(43(37)27-33)31-21-24-45-39(25-31)38-11-5-8-14-44(38)50-45/h3-28H,1-2H3. The molecule has 2 heterocycles. The summed E-state index contributed by atoms with van der Waals surface area (Å²) in [5.74, 6) is 0. The molecule has 0 aliphatic heterocycles. The number of aldehydes is 1. The Morgan fingerprint density at radius 3 is 2.06 bits per heavy atom. The molecule has 50 heavy (non-hydrogen) atoms. The average Bonchev–Trinajstić information content (AvgIpc) is 3.77. The monoisotopic (exact) mass is 660 g/mol. The zero-order valence-corrected chi connectivity index (χ0v) is 28.5. The van der Waals surface area contributed by atoms with Crippen molar-refractivity contribution in [1.82, 2.24) is 4.57 Å². The number of hydrogen-bond donors (Lipinski definition) is 0. The van der Waals surface area contributed by atoms with Crippen molar-refractivity contribution in [2.45, 2.75) is 19.3 Å². The van der Waals surface area contributed by atoms with Crippen molar-refractivity contribution in [1.29, 1.82) is 0 Å². The molecule has 1 aliphatic carbocycles. The van der Waals surface area contributed by atoms with Crippen LogP contribution in [-0.2, 0) is 5.41 Å². The number of carbonyl (C=O) groups excluding carboxylic acids is 1. The lowest BCUT2D eigenvalue weighted by Gasteiger charge is -2.28. The number of para-hydroxylation sites is 1. The topological polar surface area (TPSA) is 25.2 Å². The number of rotatable bonds is 5. The van der Waals surface area contributed by atoms with Crippen LogP contribution < -0.4 is 4.90 Å². The van der Waals surface area contributed by atoms with E-state index in [0.29, 0.717) is 5.56 Å². The molecule has 0 spiro atoms. The fourth-order valence-electron chi connectivity index (χ4n) is 8.21. The van der Waals surface area contributed by atoms with Crippen LogP contribution in [0.1, 0.15) is 35.3 Å². The Balaban J connectivity index is 1.21. The molecule has 0 atom stereocenters. The summed E-state index contributed by atoms with van der Waals surface area (Å²) in [6, 6.07) is 54.6. The van der Waals surface area contributed by atoms with Gasteiger partial charge in [-0.1, -0.05) is 86.6 Å². The second-order valence-corrected chi connectivity index (χ2v) is 14.9. The first-order valence-electron chi connectivity index (χ1n) is 17.0. The van der Waals surface area contributed by atoms with Gasteiger partial charge in [-0.25, -0.2) is 0 Å². The van der Waals surface area contributed by atoms with E-state index in [1.165, 1.54) is 58.7 Å². The number of benzene rings is 7. The second-order valence-electron chi connectivity index (χ2n) is 13.8. The lowest BCUT2D eigenvalue weighted by Crippen LogP contribution is -2.16.